The molecule has 1 unspecified atom stereocenters. The summed E-state index contributed by atoms with van der Waals surface area (Å²) in [6, 6.07) is 12.1. The second kappa shape index (κ2) is 4.95. The minimum atomic E-state index is -1.25. The smallest absolute Gasteiger partial charge is 0.150 e. The largest absolute Gasteiger partial charge is 0.497 e. The molecule has 1 atom stereocenters. The van der Waals surface area contributed by atoms with Crippen LogP contribution >= 0.6 is 0 Å². The first-order valence-electron chi connectivity index (χ1n) is 5.24. The number of benzene rings is 2. The van der Waals surface area contributed by atoms with Gasteiger partial charge in [0.1, 0.15) is 11.6 Å². The molecule has 0 aliphatic heterocycles. The summed E-state index contributed by atoms with van der Waals surface area (Å²) < 4.78 is 31.8. The predicted octanol–water partition coefficient (Wildman–Crippen LogP) is 3.89. The summed E-state index contributed by atoms with van der Waals surface area (Å²) >= 11 is 0. The molecule has 2 rings (SSSR count). The Labute approximate surface area is 98.7 Å². The monoisotopic (exact) mass is 234 g/mol. The van der Waals surface area contributed by atoms with Crippen molar-refractivity contribution in [2.45, 2.75) is 6.17 Å². The molecule has 0 N–H and O–H groups in total. The summed E-state index contributed by atoms with van der Waals surface area (Å²) in [7, 11) is 1.56. The van der Waals surface area contributed by atoms with E-state index in [0.717, 1.165) is 0 Å². The van der Waals surface area contributed by atoms with Crippen LogP contribution in [0.1, 0.15) is 17.3 Å². The molecule has 3 heteroatoms. The zero-order chi connectivity index (χ0) is 12.3. The normalized spacial score (nSPS) is 12.2. The van der Waals surface area contributed by atoms with Crippen LogP contribution in [-0.2, 0) is 0 Å². The third kappa shape index (κ3) is 2.61. The maximum atomic E-state index is 14.1. The third-order valence-electron chi connectivity index (χ3n) is 2.57. The zero-order valence-corrected chi connectivity index (χ0v) is 9.36. The van der Waals surface area contributed by atoms with Gasteiger partial charge in [0.25, 0.3) is 0 Å². The second-order valence-electron chi connectivity index (χ2n) is 3.69. The van der Waals surface area contributed by atoms with E-state index >= 15 is 0 Å². The minimum Gasteiger partial charge on any atom is -0.497 e. The molecule has 88 valence electrons. The first-order chi connectivity index (χ1) is 8.20. The predicted molar refractivity (Wildman–Crippen MR) is 62.3 cm³/mol. The van der Waals surface area contributed by atoms with Crippen LogP contribution in [-0.4, -0.2) is 7.11 Å². The van der Waals surface area contributed by atoms with E-state index in [2.05, 4.69) is 0 Å². The van der Waals surface area contributed by atoms with Crippen LogP contribution in [0.15, 0.2) is 48.5 Å². The molecule has 0 aliphatic carbocycles. The number of hydrogen-bond donors (Lipinski definition) is 0. The average molecular weight is 234 g/mol. The van der Waals surface area contributed by atoms with Gasteiger partial charge in [-0.2, -0.15) is 0 Å². The van der Waals surface area contributed by atoms with Crippen LogP contribution < -0.4 is 4.74 Å². The minimum absolute atomic E-state index is 0.365. The van der Waals surface area contributed by atoms with Gasteiger partial charge in [0.2, 0.25) is 0 Å². The molecule has 1 nitrogen and oxygen atoms in total. The van der Waals surface area contributed by atoms with Crippen molar-refractivity contribution in [1.82, 2.24) is 0 Å². The number of methoxy groups -OCH3 is 1. The Morgan fingerprint density at radius 1 is 0.882 bits per heavy atom. The van der Waals surface area contributed by atoms with Gasteiger partial charge in [0, 0.05) is 0 Å². The molecule has 0 spiro atoms. The van der Waals surface area contributed by atoms with E-state index in [9.17, 15) is 8.78 Å². The number of rotatable bonds is 3. The highest BCUT2D eigenvalue weighted by Gasteiger charge is 2.12. The summed E-state index contributed by atoms with van der Waals surface area (Å²) in [6.07, 6.45) is -1.25. The first-order valence-corrected chi connectivity index (χ1v) is 5.24. The van der Waals surface area contributed by atoms with Crippen LogP contribution in [0.5, 0.6) is 5.75 Å². The first kappa shape index (κ1) is 11.6. The van der Waals surface area contributed by atoms with E-state index in [1.54, 1.807) is 31.4 Å². The van der Waals surface area contributed by atoms with Gasteiger partial charge in [-0.15, -0.1) is 0 Å². The molecule has 0 saturated carbocycles. The summed E-state index contributed by atoms with van der Waals surface area (Å²) in [6.45, 7) is 0. The maximum Gasteiger partial charge on any atom is 0.150 e. The van der Waals surface area contributed by atoms with Crippen molar-refractivity contribution in [2.24, 2.45) is 0 Å². The van der Waals surface area contributed by atoms with E-state index in [-0.39, 0.29) is 5.82 Å². The topological polar surface area (TPSA) is 9.23 Å². The van der Waals surface area contributed by atoms with Crippen molar-refractivity contribution in [3.63, 3.8) is 0 Å². The fourth-order valence-electron chi connectivity index (χ4n) is 1.60. The van der Waals surface area contributed by atoms with Crippen molar-refractivity contribution in [3.8, 4) is 5.75 Å². The van der Waals surface area contributed by atoms with E-state index in [0.29, 0.717) is 16.9 Å². The molecular formula is C14H12F2O. The van der Waals surface area contributed by atoms with Gasteiger partial charge in [-0.1, -0.05) is 24.3 Å². The molecule has 0 aliphatic rings. The van der Waals surface area contributed by atoms with Gasteiger partial charge in [-0.05, 0) is 35.4 Å². The number of hydrogen-bond acceptors (Lipinski definition) is 1. The standard InChI is InChI=1S/C14H12F2O/c1-17-13-8-4-11(5-9-13)14(16)10-2-6-12(15)7-3-10/h2-9,14H,1H3. The second-order valence-corrected chi connectivity index (χ2v) is 3.69. The lowest BCUT2D eigenvalue weighted by molar-refractivity contribution is 0.398. The Morgan fingerprint density at radius 2 is 1.35 bits per heavy atom. The fourth-order valence-corrected chi connectivity index (χ4v) is 1.60. The summed E-state index contributed by atoms with van der Waals surface area (Å²) in [5.74, 6) is 0.315. The molecule has 0 fully saturated rings. The molecule has 0 saturated heterocycles. The van der Waals surface area contributed by atoms with E-state index < -0.39 is 6.17 Å². The molecule has 0 amide bonds. The SMILES string of the molecule is COc1ccc(C(F)c2ccc(F)cc2)cc1. The third-order valence-corrected chi connectivity index (χ3v) is 2.57. The zero-order valence-electron chi connectivity index (χ0n) is 9.36. The van der Waals surface area contributed by atoms with Crippen LogP contribution in [0.25, 0.3) is 0 Å². The lowest BCUT2D eigenvalue weighted by Crippen LogP contribution is -1.94. The van der Waals surface area contributed by atoms with Crippen molar-refractivity contribution in [3.05, 3.63) is 65.5 Å². The molecule has 17 heavy (non-hydrogen) atoms. The molecular weight excluding hydrogens is 222 g/mol. The average Bonchev–Trinajstić information content (AvgIpc) is 2.39. The molecule has 0 aromatic heterocycles. The van der Waals surface area contributed by atoms with Gasteiger partial charge in [-0.3, -0.25) is 0 Å². The van der Waals surface area contributed by atoms with E-state index in [4.69, 9.17) is 4.74 Å². The van der Waals surface area contributed by atoms with Gasteiger partial charge in [0.15, 0.2) is 6.17 Å². The summed E-state index contributed by atoms with van der Waals surface area (Å²) in [5, 5.41) is 0. The lowest BCUT2D eigenvalue weighted by atomic mass is 10.0. The Kier molecular flexibility index (Phi) is 3.38. The highest BCUT2D eigenvalue weighted by Crippen LogP contribution is 2.27. The van der Waals surface area contributed by atoms with Crippen LogP contribution in [0, 0.1) is 5.82 Å². The van der Waals surface area contributed by atoms with Gasteiger partial charge in [0.05, 0.1) is 7.11 Å². The van der Waals surface area contributed by atoms with Gasteiger partial charge < -0.3 is 4.74 Å². The van der Waals surface area contributed by atoms with E-state index in [1.165, 1.54) is 24.3 Å². The highest BCUT2D eigenvalue weighted by atomic mass is 19.1. The Bertz CT molecular complexity index is 477. The molecule has 2 aromatic rings. The maximum absolute atomic E-state index is 14.1. The van der Waals surface area contributed by atoms with Crippen molar-refractivity contribution >= 4 is 0 Å². The van der Waals surface area contributed by atoms with Gasteiger partial charge in [-0.25, -0.2) is 8.78 Å². The van der Waals surface area contributed by atoms with Crippen LogP contribution in [0.3, 0.4) is 0 Å². The number of halogens is 2. The molecule has 0 heterocycles. The van der Waals surface area contributed by atoms with Crippen LogP contribution in [0.4, 0.5) is 8.78 Å². The summed E-state index contributed by atoms with van der Waals surface area (Å²) in [5.41, 5.74) is 0.967. The molecule has 0 bridgehead atoms. The number of alkyl halides is 1. The Hall–Kier alpha value is -1.90. The highest BCUT2D eigenvalue weighted by molar-refractivity contribution is 5.34. The fraction of sp³-hybridized carbons (Fsp3) is 0.143. The van der Waals surface area contributed by atoms with Crippen LogP contribution in [0.2, 0.25) is 0 Å². The Morgan fingerprint density at radius 3 is 1.82 bits per heavy atom. The Balaban J connectivity index is 2.23. The van der Waals surface area contributed by atoms with Gasteiger partial charge >= 0.3 is 0 Å². The molecule has 2 aromatic carbocycles. The summed E-state index contributed by atoms with van der Waals surface area (Å²) in [4.78, 5) is 0. The lowest BCUT2D eigenvalue weighted by Gasteiger charge is -2.09. The van der Waals surface area contributed by atoms with Crippen molar-refractivity contribution < 1.29 is 13.5 Å². The van der Waals surface area contributed by atoms with E-state index in [1.807, 2.05) is 0 Å². The molecule has 0 radical (unpaired) electrons. The quantitative estimate of drug-likeness (QED) is 0.782. The van der Waals surface area contributed by atoms with Crippen molar-refractivity contribution in [1.29, 1.82) is 0 Å². The number of ether oxygens (including phenoxy) is 1. The van der Waals surface area contributed by atoms with Crippen molar-refractivity contribution in [2.75, 3.05) is 7.11 Å².